The number of ether oxygens (including phenoxy) is 1. The molecule has 14 heavy (non-hydrogen) atoms. The number of carbonyl (C=O) groups excluding carboxylic acids is 1. The number of esters is 1. The van der Waals surface area contributed by atoms with Gasteiger partial charge in [-0.25, -0.2) is 0 Å². The van der Waals surface area contributed by atoms with E-state index in [1.807, 2.05) is 0 Å². The van der Waals surface area contributed by atoms with Crippen molar-refractivity contribution in [1.29, 1.82) is 0 Å². The fraction of sp³-hybridized carbons (Fsp3) is 0.900. The Morgan fingerprint density at radius 1 is 1.07 bits per heavy atom. The van der Waals surface area contributed by atoms with Gasteiger partial charge in [-0.3, -0.25) is 4.79 Å². The van der Waals surface area contributed by atoms with Gasteiger partial charge in [0.05, 0.1) is 6.61 Å². The van der Waals surface area contributed by atoms with Crippen LogP contribution in [0.1, 0.15) is 52.4 Å². The molecule has 0 fully saturated rings. The monoisotopic (exact) mass is 504 g/mol. The average molecular weight is 502 g/mol. The zero-order valence-electron chi connectivity index (χ0n) is 9.68. The van der Waals surface area contributed by atoms with Crippen molar-refractivity contribution >= 4 is 57.2 Å². The fourth-order valence-corrected chi connectivity index (χ4v) is 0.922. The van der Waals surface area contributed by atoms with Crippen molar-refractivity contribution in [2.75, 3.05) is 6.61 Å². The van der Waals surface area contributed by atoms with Gasteiger partial charge >= 0.3 is 57.2 Å². The first-order chi connectivity index (χ1) is 5.81. The van der Waals surface area contributed by atoms with Crippen LogP contribution in [0.25, 0.3) is 0 Å². The van der Waals surface area contributed by atoms with E-state index >= 15 is 0 Å². The van der Waals surface area contributed by atoms with E-state index in [0.29, 0.717) is 13.0 Å². The molecule has 0 aliphatic heterocycles. The molecular weight excluding hydrogens is 478 g/mol. The van der Waals surface area contributed by atoms with Crippen LogP contribution >= 0.6 is 0 Å². The summed E-state index contributed by atoms with van der Waals surface area (Å²) in [5, 5.41) is 0. The molecule has 0 amide bonds. The molecule has 4 heteroatoms. The van der Waals surface area contributed by atoms with Crippen LogP contribution in [-0.2, 0) is 9.53 Å². The van der Waals surface area contributed by atoms with Crippen LogP contribution in [0.4, 0.5) is 0 Å². The van der Waals surface area contributed by atoms with E-state index in [4.69, 9.17) is 4.74 Å². The Morgan fingerprint density at radius 2 is 1.64 bits per heavy atom. The standard InChI is InChI=1S/C10H20O2.Pb.Sn.4H/c1-3-5-7-8-10(11)12-9-6-4-2;;;;;;/h3-9H2,1-2H3;;;;;;. The predicted octanol–water partition coefficient (Wildman–Crippen LogP) is 1.08. The molecule has 0 spiro atoms. The number of rotatable bonds is 7. The van der Waals surface area contributed by atoms with Crippen LogP contribution in [0.15, 0.2) is 0 Å². The van der Waals surface area contributed by atoms with Gasteiger partial charge in [0.2, 0.25) is 0 Å². The van der Waals surface area contributed by atoms with Gasteiger partial charge < -0.3 is 4.74 Å². The normalized spacial score (nSPS) is 8.43. The quantitative estimate of drug-likeness (QED) is 0.296. The van der Waals surface area contributed by atoms with Crippen LogP contribution in [0, 0.1) is 0 Å². The van der Waals surface area contributed by atoms with E-state index in [-0.39, 0.29) is 57.2 Å². The second kappa shape index (κ2) is 16.6. The first-order valence-corrected chi connectivity index (χ1v) is 4.96. The Morgan fingerprint density at radius 3 is 2.14 bits per heavy atom. The van der Waals surface area contributed by atoms with Crippen LogP contribution < -0.4 is 0 Å². The number of carbonyl (C=O) groups is 1. The summed E-state index contributed by atoms with van der Waals surface area (Å²) in [5.74, 6) is -0.0306. The molecule has 0 aromatic heterocycles. The first-order valence-electron chi connectivity index (χ1n) is 4.96. The summed E-state index contributed by atoms with van der Waals surface area (Å²) in [6, 6.07) is 0. The van der Waals surface area contributed by atoms with Gasteiger partial charge in [0.1, 0.15) is 0 Å². The molecule has 4 radical (unpaired) electrons. The van der Waals surface area contributed by atoms with E-state index in [2.05, 4.69) is 13.8 Å². The Kier molecular flexibility index (Phi) is 24.4. The third-order valence-electron chi connectivity index (χ3n) is 1.75. The molecule has 0 heterocycles. The van der Waals surface area contributed by atoms with Crippen LogP contribution in [-0.4, -0.2) is 63.8 Å². The molecule has 0 unspecified atom stereocenters. The summed E-state index contributed by atoms with van der Waals surface area (Å²) in [6.45, 7) is 4.81. The minimum absolute atomic E-state index is 0. The molecule has 0 rings (SSSR count). The topological polar surface area (TPSA) is 26.3 Å². The average Bonchev–Trinajstić information content (AvgIpc) is 2.06. The molecule has 84 valence electrons. The molecule has 0 aromatic carbocycles. The summed E-state index contributed by atoms with van der Waals surface area (Å²) in [7, 11) is 0. The van der Waals surface area contributed by atoms with Crippen molar-refractivity contribution in [2.45, 2.75) is 52.4 Å². The summed E-state index contributed by atoms with van der Waals surface area (Å²) in [4.78, 5) is 11.0. The van der Waals surface area contributed by atoms with Crippen LogP contribution in [0.5, 0.6) is 0 Å². The SMILES string of the molecule is CCCCCC(=O)OCCCC.[PbH2].[SnH2]. The molecule has 0 aliphatic rings. The Hall–Kier alpha value is 1.19. The fourth-order valence-electron chi connectivity index (χ4n) is 0.922. The summed E-state index contributed by atoms with van der Waals surface area (Å²) in [5.41, 5.74) is 0. The summed E-state index contributed by atoms with van der Waals surface area (Å²) in [6.07, 6.45) is 5.92. The summed E-state index contributed by atoms with van der Waals surface area (Å²) < 4.78 is 4.99. The third kappa shape index (κ3) is 15.7. The van der Waals surface area contributed by atoms with Gasteiger partial charge in [-0.1, -0.05) is 33.1 Å². The molecule has 2 nitrogen and oxygen atoms in total. The first kappa shape index (κ1) is 20.6. The van der Waals surface area contributed by atoms with Gasteiger partial charge in [-0.05, 0) is 12.8 Å². The van der Waals surface area contributed by atoms with E-state index in [0.717, 1.165) is 32.1 Å². The molecule has 0 bridgehead atoms. The van der Waals surface area contributed by atoms with Crippen LogP contribution in [0.3, 0.4) is 0 Å². The van der Waals surface area contributed by atoms with Gasteiger partial charge in [-0.15, -0.1) is 0 Å². The molecular formula is C10H24O2PbSn. The van der Waals surface area contributed by atoms with Crippen molar-refractivity contribution in [3.63, 3.8) is 0 Å². The second-order valence-corrected chi connectivity index (χ2v) is 3.03. The minimum atomic E-state index is -0.0306. The van der Waals surface area contributed by atoms with Gasteiger partial charge in [-0.2, -0.15) is 0 Å². The van der Waals surface area contributed by atoms with Crippen molar-refractivity contribution in [3.8, 4) is 0 Å². The maximum absolute atomic E-state index is 11.0. The number of hydrogen-bond donors (Lipinski definition) is 0. The Labute approximate surface area is 125 Å². The van der Waals surface area contributed by atoms with Gasteiger partial charge in [0, 0.05) is 6.42 Å². The predicted molar refractivity (Wildman–Crippen MR) is 67.1 cm³/mol. The second-order valence-electron chi connectivity index (χ2n) is 3.03. The zero-order valence-corrected chi connectivity index (χ0v) is 19.2. The van der Waals surface area contributed by atoms with Gasteiger partial charge in [0.25, 0.3) is 0 Å². The van der Waals surface area contributed by atoms with E-state index in [9.17, 15) is 4.79 Å². The number of unbranched alkanes of at least 4 members (excludes halogenated alkanes) is 3. The molecule has 0 aromatic rings. The molecule has 0 N–H and O–H groups in total. The molecule has 0 aliphatic carbocycles. The maximum atomic E-state index is 11.0. The van der Waals surface area contributed by atoms with Crippen molar-refractivity contribution < 1.29 is 9.53 Å². The zero-order chi connectivity index (χ0) is 9.23. The Bertz CT molecular complexity index is 109. The van der Waals surface area contributed by atoms with Crippen molar-refractivity contribution in [1.82, 2.24) is 0 Å². The third-order valence-corrected chi connectivity index (χ3v) is 1.75. The Balaban J connectivity index is -0.000000605. The van der Waals surface area contributed by atoms with Gasteiger partial charge in [0.15, 0.2) is 0 Å². The molecule has 0 saturated heterocycles. The van der Waals surface area contributed by atoms with E-state index < -0.39 is 0 Å². The van der Waals surface area contributed by atoms with Crippen molar-refractivity contribution in [2.24, 2.45) is 0 Å². The van der Waals surface area contributed by atoms with Crippen LogP contribution in [0.2, 0.25) is 0 Å². The molecule has 0 atom stereocenters. The molecule has 0 saturated carbocycles. The van der Waals surface area contributed by atoms with Crippen molar-refractivity contribution in [3.05, 3.63) is 0 Å². The number of hydrogen-bond acceptors (Lipinski definition) is 2. The van der Waals surface area contributed by atoms with E-state index in [1.54, 1.807) is 0 Å². The van der Waals surface area contributed by atoms with E-state index in [1.165, 1.54) is 0 Å². The summed E-state index contributed by atoms with van der Waals surface area (Å²) >= 11 is 0.